The van der Waals surface area contributed by atoms with Gasteiger partial charge in [-0.05, 0) is 0 Å². The molecular formula is C11H13N3O3S2. The molecule has 0 amide bonds. The number of methoxy groups -OCH3 is 1. The fourth-order valence-electron chi connectivity index (χ4n) is 1.41. The molecule has 0 unspecified atom stereocenters. The zero-order valence-corrected chi connectivity index (χ0v) is 11.9. The summed E-state index contributed by atoms with van der Waals surface area (Å²) in [6.45, 7) is 0.530. The Bertz CT molecular complexity index is 602. The summed E-state index contributed by atoms with van der Waals surface area (Å²) < 4.78 is 4.57. The highest BCUT2D eigenvalue weighted by Crippen LogP contribution is 2.17. The van der Waals surface area contributed by atoms with Crippen LogP contribution in [0.4, 0.5) is 5.13 Å². The number of hydrogen-bond acceptors (Lipinski definition) is 7. The van der Waals surface area contributed by atoms with Gasteiger partial charge in [0, 0.05) is 22.9 Å². The van der Waals surface area contributed by atoms with E-state index >= 15 is 0 Å². The van der Waals surface area contributed by atoms with Crippen LogP contribution < -0.4 is 10.2 Å². The van der Waals surface area contributed by atoms with Gasteiger partial charge in [-0.3, -0.25) is 9.59 Å². The van der Waals surface area contributed by atoms with Crippen molar-refractivity contribution in [3.63, 3.8) is 0 Å². The molecule has 0 atom stereocenters. The first-order valence-electron chi connectivity index (χ1n) is 5.59. The molecule has 2 aromatic heterocycles. The lowest BCUT2D eigenvalue weighted by molar-refractivity contribution is -0.140. The van der Waals surface area contributed by atoms with E-state index in [0.717, 1.165) is 27.9 Å². The minimum Gasteiger partial charge on any atom is -0.469 e. The molecule has 8 heteroatoms. The molecule has 0 aromatic carbocycles. The lowest BCUT2D eigenvalue weighted by Crippen LogP contribution is -2.03. The van der Waals surface area contributed by atoms with E-state index in [1.54, 1.807) is 5.38 Å². The molecule has 0 spiro atoms. The van der Waals surface area contributed by atoms with Gasteiger partial charge in [0.2, 0.25) is 0 Å². The predicted molar refractivity (Wildman–Crippen MR) is 74.7 cm³/mol. The van der Waals surface area contributed by atoms with Crippen LogP contribution in [0.15, 0.2) is 15.6 Å². The molecule has 0 aliphatic heterocycles. The van der Waals surface area contributed by atoms with E-state index in [4.69, 9.17) is 0 Å². The number of hydrogen-bond donors (Lipinski definition) is 2. The van der Waals surface area contributed by atoms with Crippen molar-refractivity contribution >= 4 is 33.8 Å². The molecule has 0 saturated heterocycles. The number of aromatic amines is 1. The van der Waals surface area contributed by atoms with E-state index in [1.807, 2.05) is 5.38 Å². The monoisotopic (exact) mass is 299 g/mol. The summed E-state index contributed by atoms with van der Waals surface area (Å²) in [5.41, 5.74) is 1.69. The van der Waals surface area contributed by atoms with Crippen LogP contribution in [0, 0.1) is 0 Å². The molecule has 0 radical (unpaired) electrons. The average Bonchev–Trinajstić information content (AvgIpc) is 3.02. The SMILES string of the molecule is COC(=O)CCc1csc(NCc2csc(=O)[nH]2)n1. The number of carbonyl (C=O) groups is 1. The van der Waals surface area contributed by atoms with Crippen LogP contribution in [0.2, 0.25) is 0 Å². The van der Waals surface area contributed by atoms with Crippen LogP contribution in [0.5, 0.6) is 0 Å². The third kappa shape index (κ3) is 4.18. The van der Waals surface area contributed by atoms with Gasteiger partial charge >= 0.3 is 10.8 Å². The number of aromatic nitrogens is 2. The molecule has 6 nitrogen and oxygen atoms in total. The van der Waals surface area contributed by atoms with E-state index < -0.39 is 0 Å². The number of esters is 1. The Hall–Kier alpha value is -1.67. The summed E-state index contributed by atoms with van der Waals surface area (Å²) >= 11 is 2.61. The first kappa shape index (κ1) is 13.8. The molecule has 2 N–H and O–H groups in total. The molecule has 0 bridgehead atoms. The van der Waals surface area contributed by atoms with Crippen LogP contribution in [0.3, 0.4) is 0 Å². The number of thiazole rings is 2. The van der Waals surface area contributed by atoms with Gasteiger partial charge in [-0.15, -0.1) is 11.3 Å². The summed E-state index contributed by atoms with van der Waals surface area (Å²) in [7, 11) is 1.37. The molecule has 19 heavy (non-hydrogen) atoms. The van der Waals surface area contributed by atoms with Gasteiger partial charge in [-0.25, -0.2) is 4.98 Å². The van der Waals surface area contributed by atoms with Gasteiger partial charge in [0.25, 0.3) is 0 Å². The number of rotatable bonds is 6. The molecule has 2 aromatic rings. The molecule has 0 aliphatic carbocycles. The predicted octanol–water partition coefficient (Wildman–Crippen LogP) is 1.61. The molecular weight excluding hydrogens is 286 g/mol. The number of aryl methyl sites for hydroxylation is 1. The standard InChI is InChI=1S/C11H13N3O3S2/c1-17-9(15)3-2-7-5-18-10(13-7)12-4-8-6-19-11(16)14-8/h5-6H,2-4H2,1H3,(H,12,13)(H,14,16). The van der Waals surface area contributed by atoms with Crippen molar-refractivity contribution in [3.8, 4) is 0 Å². The molecule has 0 aliphatic rings. The second kappa shape index (κ2) is 6.48. The van der Waals surface area contributed by atoms with E-state index in [1.165, 1.54) is 18.4 Å². The van der Waals surface area contributed by atoms with E-state index in [0.29, 0.717) is 19.4 Å². The quantitative estimate of drug-likeness (QED) is 0.792. The molecule has 0 fully saturated rings. The van der Waals surface area contributed by atoms with Crippen LogP contribution >= 0.6 is 22.7 Å². The number of anilines is 1. The maximum Gasteiger partial charge on any atom is 0.305 e. The van der Waals surface area contributed by atoms with Crippen molar-refractivity contribution in [1.29, 1.82) is 0 Å². The van der Waals surface area contributed by atoms with Crippen molar-refractivity contribution < 1.29 is 9.53 Å². The lowest BCUT2D eigenvalue weighted by Gasteiger charge is -1.99. The van der Waals surface area contributed by atoms with E-state index in [-0.39, 0.29) is 10.8 Å². The Morgan fingerprint density at radius 2 is 2.32 bits per heavy atom. The number of H-pyrrole nitrogens is 1. The lowest BCUT2D eigenvalue weighted by atomic mass is 10.2. The van der Waals surface area contributed by atoms with Crippen molar-refractivity contribution in [2.45, 2.75) is 19.4 Å². The summed E-state index contributed by atoms with van der Waals surface area (Å²) in [4.78, 5) is 29.0. The third-order valence-corrected chi connectivity index (χ3v) is 3.93. The largest absolute Gasteiger partial charge is 0.469 e. The maximum absolute atomic E-state index is 11.0. The van der Waals surface area contributed by atoms with Gasteiger partial charge in [0.05, 0.1) is 25.8 Å². The fraction of sp³-hybridized carbons (Fsp3) is 0.364. The Labute approximate surface area is 117 Å². The highest BCUT2D eigenvalue weighted by Gasteiger charge is 2.06. The van der Waals surface area contributed by atoms with Crippen LogP contribution in [0.25, 0.3) is 0 Å². The molecule has 0 saturated carbocycles. The topological polar surface area (TPSA) is 84.1 Å². The van der Waals surface area contributed by atoms with E-state index in [2.05, 4.69) is 20.0 Å². The molecule has 2 rings (SSSR count). The van der Waals surface area contributed by atoms with Crippen molar-refractivity contribution in [1.82, 2.24) is 9.97 Å². The van der Waals surface area contributed by atoms with Crippen LogP contribution in [-0.4, -0.2) is 23.0 Å². The highest BCUT2D eigenvalue weighted by molar-refractivity contribution is 7.13. The van der Waals surface area contributed by atoms with Crippen LogP contribution in [-0.2, 0) is 22.5 Å². The number of carbonyl (C=O) groups excluding carboxylic acids is 1. The summed E-state index contributed by atoms with van der Waals surface area (Å²) in [6.07, 6.45) is 0.900. The first-order valence-corrected chi connectivity index (χ1v) is 7.35. The van der Waals surface area contributed by atoms with Crippen molar-refractivity contribution in [3.05, 3.63) is 31.8 Å². The number of ether oxygens (including phenoxy) is 1. The van der Waals surface area contributed by atoms with Gasteiger partial charge in [0.1, 0.15) is 0 Å². The number of nitrogens with zero attached hydrogens (tertiary/aromatic N) is 1. The zero-order valence-electron chi connectivity index (χ0n) is 10.3. The van der Waals surface area contributed by atoms with Gasteiger partial charge < -0.3 is 15.0 Å². The third-order valence-electron chi connectivity index (χ3n) is 2.37. The van der Waals surface area contributed by atoms with Crippen molar-refractivity contribution in [2.75, 3.05) is 12.4 Å². The summed E-state index contributed by atoms with van der Waals surface area (Å²) in [5.74, 6) is -0.238. The molecule has 102 valence electrons. The summed E-state index contributed by atoms with van der Waals surface area (Å²) in [6, 6.07) is 0. The summed E-state index contributed by atoms with van der Waals surface area (Å²) in [5, 5.41) is 7.58. The minimum absolute atomic E-state index is 0.0605. The number of nitrogens with one attached hydrogen (secondary N) is 2. The normalized spacial score (nSPS) is 10.4. The Morgan fingerprint density at radius 1 is 1.47 bits per heavy atom. The first-order chi connectivity index (χ1) is 9.17. The van der Waals surface area contributed by atoms with Gasteiger partial charge in [-0.1, -0.05) is 11.3 Å². The average molecular weight is 299 g/mol. The maximum atomic E-state index is 11.0. The smallest absolute Gasteiger partial charge is 0.305 e. The Morgan fingerprint density at radius 3 is 3.00 bits per heavy atom. The minimum atomic E-state index is -0.238. The zero-order chi connectivity index (χ0) is 13.7. The van der Waals surface area contributed by atoms with E-state index in [9.17, 15) is 9.59 Å². The molecule has 2 heterocycles. The van der Waals surface area contributed by atoms with Gasteiger partial charge in [-0.2, -0.15) is 0 Å². The Balaban J connectivity index is 1.83. The second-order valence-electron chi connectivity index (χ2n) is 3.75. The van der Waals surface area contributed by atoms with Gasteiger partial charge in [0.15, 0.2) is 5.13 Å². The Kier molecular flexibility index (Phi) is 4.69. The van der Waals surface area contributed by atoms with Crippen LogP contribution in [0.1, 0.15) is 17.8 Å². The highest BCUT2D eigenvalue weighted by atomic mass is 32.1. The second-order valence-corrected chi connectivity index (χ2v) is 5.45. The van der Waals surface area contributed by atoms with Crippen molar-refractivity contribution in [2.24, 2.45) is 0 Å². The fourth-order valence-corrected chi connectivity index (χ4v) is 2.73.